The molecule has 1 rings (SSSR count). The topological polar surface area (TPSA) is 54.9 Å². The van der Waals surface area contributed by atoms with Crippen LogP contribution in [0.2, 0.25) is 0 Å². The minimum atomic E-state index is 0.0681. The Morgan fingerprint density at radius 3 is 2.29 bits per heavy atom. The van der Waals surface area contributed by atoms with Gasteiger partial charge in [0.2, 0.25) is 0 Å². The van der Waals surface area contributed by atoms with Gasteiger partial charge < -0.3 is 20.1 Å². The van der Waals surface area contributed by atoms with E-state index >= 15 is 0 Å². The molecule has 0 aliphatic heterocycles. The third-order valence-electron chi connectivity index (χ3n) is 3.88. The van der Waals surface area contributed by atoms with E-state index in [0.717, 1.165) is 31.2 Å². The molecular weight excluding hydrogens is 302 g/mol. The highest BCUT2D eigenvalue weighted by Crippen LogP contribution is 2.21. The van der Waals surface area contributed by atoms with Crippen LogP contribution in [-0.2, 0) is 11.2 Å². The van der Waals surface area contributed by atoms with Crippen LogP contribution in [0.15, 0.2) is 29.3 Å². The number of ether oxygens (including phenoxy) is 2. The Kier molecular flexibility index (Phi) is 8.61. The minimum Gasteiger partial charge on any atom is -0.497 e. The zero-order valence-electron chi connectivity index (χ0n) is 16.0. The van der Waals surface area contributed by atoms with E-state index in [9.17, 15) is 0 Å². The van der Waals surface area contributed by atoms with Crippen molar-refractivity contribution in [1.82, 2.24) is 10.6 Å². The average molecular weight is 335 g/mol. The van der Waals surface area contributed by atoms with Crippen LogP contribution in [0.5, 0.6) is 5.75 Å². The summed E-state index contributed by atoms with van der Waals surface area (Å²) in [4.78, 5) is 4.66. The summed E-state index contributed by atoms with van der Waals surface area (Å²) >= 11 is 0. The second kappa shape index (κ2) is 10.2. The van der Waals surface area contributed by atoms with Crippen LogP contribution in [0.4, 0.5) is 0 Å². The van der Waals surface area contributed by atoms with Crippen molar-refractivity contribution in [2.24, 2.45) is 10.4 Å². The maximum Gasteiger partial charge on any atom is 0.191 e. The summed E-state index contributed by atoms with van der Waals surface area (Å²) in [6.45, 7) is 10.9. The van der Waals surface area contributed by atoms with Crippen molar-refractivity contribution >= 4 is 5.96 Å². The number of benzene rings is 1. The van der Waals surface area contributed by atoms with Gasteiger partial charge in [-0.15, -0.1) is 0 Å². The largest absolute Gasteiger partial charge is 0.497 e. The third kappa shape index (κ3) is 7.21. The first-order chi connectivity index (χ1) is 11.4. The number of methoxy groups -OCH3 is 2. The van der Waals surface area contributed by atoms with Gasteiger partial charge in [-0.1, -0.05) is 32.9 Å². The summed E-state index contributed by atoms with van der Waals surface area (Å²) in [5.74, 6) is 1.71. The van der Waals surface area contributed by atoms with Crippen molar-refractivity contribution in [2.75, 3.05) is 33.9 Å². The Bertz CT molecular complexity index is 492. The van der Waals surface area contributed by atoms with E-state index in [-0.39, 0.29) is 11.5 Å². The number of rotatable bonds is 8. The highest BCUT2D eigenvalue weighted by atomic mass is 16.5. The molecule has 0 bridgehead atoms. The molecule has 0 amide bonds. The summed E-state index contributed by atoms with van der Waals surface area (Å²) < 4.78 is 10.7. The van der Waals surface area contributed by atoms with Gasteiger partial charge in [0.05, 0.1) is 19.8 Å². The van der Waals surface area contributed by atoms with Gasteiger partial charge in [-0.3, -0.25) is 4.99 Å². The lowest BCUT2D eigenvalue weighted by atomic mass is 9.89. The van der Waals surface area contributed by atoms with Crippen LogP contribution < -0.4 is 15.4 Å². The highest BCUT2D eigenvalue weighted by Gasteiger charge is 2.24. The van der Waals surface area contributed by atoms with Crippen molar-refractivity contribution in [3.8, 4) is 5.75 Å². The van der Waals surface area contributed by atoms with Crippen LogP contribution in [0, 0.1) is 5.41 Å². The van der Waals surface area contributed by atoms with Crippen LogP contribution in [0.25, 0.3) is 0 Å². The fourth-order valence-corrected chi connectivity index (χ4v) is 2.34. The monoisotopic (exact) mass is 335 g/mol. The Morgan fingerprint density at radius 1 is 1.12 bits per heavy atom. The standard InChI is InChI=1S/C19H33N3O2/c1-7-20-18(22-14-17(24-6)19(2,3)4)21-13-12-15-8-10-16(23-5)11-9-15/h8-11,17H,7,12-14H2,1-6H3,(H2,20,21,22). The van der Waals surface area contributed by atoms with Crippen LogP contribution in [0.3, 0.4) is 0 Å². The summed E-state index contributed by atoms with van der Waals surface area (Å²) in [7, 11) is 3.43. The Labute approximate surface area is 146 Å². The van der Waals surface area contributed by atoms with Gasteiger partial charge in [-0.25, -0.2) is 0 Å². The number of guanidine groups is 1. The summed E-state index contributed by atoms with van der Waals surface area (Å²) in [5.41, 5.74) is 1.34. The van der Waals surface area contributed by atoms with E-state index in [1.54, 1.807) is 14.2 Å². The molecule has 0 aliphatic carbocycles. The molecule has 0 fully saturated rings. The second-order valence-electron chi connectivity index (χ2n) is 6.83. The molecular formula is C19H33N3O2. The highest BCUT2D eigenvalue weighted by molar-refractivity contribution is 5.79. The van der Waals surface area contributed by atoms with E-state index in [0.29, 0.717) is 6.54 Å². The molecule has 2 N–H and O–H groups in total. The van der Waals surface area contributed by atoms with Gasteiger partial charge in [-0.2, -0.15) is 0 Å². The lowest BCUT2D eigenvalue weighted by Gasteiger charge is -2.28. The molecule has 0 aromatic heterocycles. The Hall–Kier alpha value is -1.75. The van der Waals surface area contributed by atoms with Gasteiger partial charge in [0.15, 0.2) is 5.96 Å². The van der Waals surface area contributed by atoms with Crippen molar-refractivity contribution in [2.45, 2.75) is 40.2 Å². The minimum absolute atomic E-state index is 0.0681. The molecule has 136 valence electrons. The average Bonchev–Trinajstić information content (AvgIpc) is 2.54. The predicted octanol–water partition coefficient (Wildman–Crippen LogP) is 2.85. The molecule has 0 saturated carbocycles. The first kappa shape index (κ1) is 20.3. The quantitative estimate of drug-likeness (QED) is 0.567. The lowest BCUT2D eigenvalue weighted by Crippen LogP contribution is -2.40. The van der Waals surface area contributed by atoms with Crippen molar-refractivity contribution in [1.29, 1.82) is 0 Å². The van der Waals surface area contributed by atoms with E-state index < -0.39 is 0 Å². The van der Waals surface area contributed by atoms with Crippen molar-refractivity contribution in [3.05, 3.63) is 29.8 Å². The predicted molar refractivity (Wildman–Crippen MR) is 101 cm³/mol. The zero-order valence-corrected chi connectivity index (χ0v) is 16.0. The van der Waals surface area contributed by atoms with Crippen LogP contribution >= 0.6 is 0 Å². The smallest absolute Gasteiger partial charge is 0.191 e. The SMILES string of the molecule is CCNC(=NCC(OC)C(C)(C)C)NCCc1ccc(OC)cc1. The normalized spacial score (nSPS) is 13.5. The van der Waals surface area contributed by atoms with E-state index in [4.69, 9.17) is 9.47 Å². The Morgan fingerprint density at radius 2 is 1.79 bits per heavy atom. The van der Waals surface area contributed by atoms with Gasteiger partial charge in [0.25, 0.3) is 0 Å². The van der Waals surface area contributed by atoms with Gasteiger partial charge in [-0.05, 0) is 36.5 Å². The van der Waals surface area contributed by atoms with Crippen LogP contribution in [-0.4, -0.2) is 45.9 Å². The van der Waals surface area contributed by atoms with Crippen LogP contribution in [0.1, 0.15) is 33.3 Å². The molecule has 1 aromatic rings. The molecule has 0 saturated heterocycles. The number of hydrogen-bond acceptors (Lipinski definition) is 3. The van der Waals surface area contributed by atoms with Crippen molar-refractivity contribution in [3.63, 3.8) is 0 Å². The number of nitrogens with one attached hydrogen (secondary N) is 2. The first-order valence-corrected chi connectivity index (χ1v) is 8.58. The lowest BCUT2D eigenvalue weighted by molar-refractivity contribution is 0.0241. The maximum atomic E-state index is 5.56. The maximum absolute atomic E-state index is 5.56. The van der Waals surface area contributed by atoms with Crippen molar-refractivity contribution < 1.29 is 9.47 Å². The Balaban J connectivity index is 2.53. The fraction of sp³-hybridized carbons (Fsp3) is 0.632. The molecule has 0 radical (unpaired) electrons. The molecule has 1 atom stereocenters. The molecule has 1 aromatic carbocycles. The van der Waals surface area contributed by atoms with Gasteiger partial charge in [0, 0.05) is 20.2 Å². The van der Waals surface area contributed by atoms with E-state index in [2.05, 4.69) is 55.5 Å². The summed E-state index contributed by atoms with van der Waals surface area (Å²) in [6, 6.07) is 8.15. The third-order valence-corrected chi connectivity index (χ3v) is 3.88. The zero-order chi connectivity index (χ0) is 18.0. The molecule has 24 heavy (non-hydrogen) atoms. The summed E-state index contributed by atoms with van der Waals surface area (Å²) in [6.07, 6.45) is 1.02. The number of aliphatic imine (C=N–C) groups is 1. The van der Waals surface area contributed by atoms with E-state index in [1.807, 2.05) is 12.1 Å². The molecule has 1 unspecified atom stereocenters. The summed E-state index contributed by atoms with van der Waals surface area (Å²) in [5, 5.41) is 6.66. The molecule has 0 heterocycles. The molecule has 5 nitrogen and oxygen atoms in total. The second-order valence-corrected chi connectivity index (χ2v) is 6.83. The first-order valence-electron chi connectivity index (χ1n) is 8.58. The molecule has 5 heteroatoms. The van der Waals surface area contributed by atoms with E-state index in [1.165, 1.54) is 5.56 Å². The van der Waals surface area contributed by atoms with Gasteiger partial charge >= 0.3 is 0 Å². The molecule has 0 spiro atoms. The number of nitrogens with zero attached hydrogens (tertiary/aromatic N) is 1. The number of hydrogen-bond donors (Lipinski definition) is 2. The molecule has 0 aliphatic rings. The van der Waals surface area contributed by atoms with Gasteiger partial charge in [0.1, 0.15) is 5.75 Å². The fourth-order valence-electron chi connectivity index (χ4n) is 2.34.